The summed E-state index contributed by atoms with van der Waals surface area (Å²) < 4.78 is 4.70. The Balaban J connectivity index is 4.34. The van der Waals surface area contributed by atoms with Gasteiger partial charge < -0.3 is 4.74 Å². The maximum absolute atomic E-state index is 11.4. The fourth-order valence-electron chi connectivity index (χ4n) is 1.62. The van der Waals surface area contributed by atoms with Gasteiger partial charge in [0.05, 0.1) is 6.61 Å². The molecule has 0 radical (unpaired) electrons. The average Bonchev–Trinajstić information content (AvgIpc) is 2.31. The Hall–Kier alpha value is -1.65. The number of carbonyl (C=O) groups excluding carboxylic acids is 1. The molecule has 0 aromatic rings. The van der Waals surface area contributed by atoms with Gasteiger partial charge in [-0.3, -0.25) is 10.1 Å². The molecule has 5 nitrogen and oxygen atoms in total. The molecule has 108 valence electrons. The van der Waals surface area contributed by atoms with Crippen LogP contribution in [0.4, 0.5) is 0 Å². The third kappa shape index (κ3) is 8.13. The molecule has 0 spiro atoms. The van der Waals surface area contributed by atoms with Gasteiger partial charge in [0.25, 0.3) is 0 Å². The Morgan fingerprint density at radius 1 is 1.47 bits per heavy atom. The first-order valence-electron chi connectivity index (χ1n) is 6.48. The molecule has 0 aliphatic carbocycles. The number of hydrogen-bond donors (Lipinski definition) is 0. The first-order chi connectivity index (χ1) is 8.88. The number of unbranched alkanes of at least 4 members (excludes halogenated alkanes) is 1. The minimum absolute atomic E-state index is 0.110. The van der Waals surface area contributed by atoms with Crippen LogP contribution in [0.1, 0.15) is 46.5 Å². The van der Waals surface area contributed by atoms with Crippen molar-refractivity contribution in [2.45, 2.75) is 52.5 Å². The van der Waals surface area contributed by atoms with Gasteiger partial charge in [-0.25, -0.2) is 4.79 Å². The number of nitrogens with zero attached hydrogens (tertiary/aromatic N) is 1. The van der Waals surface area contributed by atoms with Gasteiger partial charge in [0.2, 0.25) is 0 Å². The maximum atomic E-state index is 11.4. The lowest BCUT2D eigenvalue weighted by atomic mass is 10.0. The molecule has 0 aromatic heterocycles. The van der Waals surface area contributed by atoms with E-state index in [0.717, 1.165) is 30.4 Å². The van der Waals surface area contributed by atoms with E-state index in [1.54, 1.807) is 13.8 Å². The van der Waals surface area contributed by atoms with Crippen LogP contribution in [0, 0.1) is 10.1 Å². The minimum Gasteiger partial charge on any atom is -0.461 e. The van der Waals surface area contributed by atoms with Crippen molar-refractivity contribution in [3.05, 3.63) is 33.9 Å². The molecule has 0 fully saturated rings. The van der Waals surface area contributed by atoms with Crippen LogP contribution >= 0.6 is 0 Å². The summed E-state index contributed by atoms with van der Waals surface area (Å²) in [5.41, 5.74) is 1.97. The topological polar surface area (TPSA) is 69.4 Å². The standard InChI is InChI=1S/C14H23NO4/c1-5-19-14(16)13(15(17)18)10-12(4)9-7-6-8-11(2)3/h9,13H,2,5-8,10H2,1,3-4H3. The molecular formula is C14H23NO4. The summed E-state index contributed by atoms with van der Waals surface area (Å²) in [6.07, 6.45) is 4.80. The van der Waals surface area contributed by atoms with E-state index in [4.69, 9.17) is 4.74 Å². The molecule has 19 heavy (non-hydrogen) atoms. The van der Waals surface area contributed by atoms with Gasteiger partial charge in [-0.1, -0.05) is 17.2 Å². The SMILES string of the molecule is C=C(C)CCCC=C(C)CC(C(=O)OCC)[N+](=O)[O-]. The quantitative estimate of drug-likeness (QED) is 0.212. The predicted octanol–water partition coefficient (Wildman–Crippen LogP) is 3.28. The van der Waals surface area contributed by atoms with Crippen molar-refractivity contribution < 1.29 is 14.5 Å². The zero-order valence-corrected chi connectivity index (χ0v) is 12.0. The van der Waals surface area contributed by atoms with Gasteiger partial charge in [-0.2, -0.15) is 0 Å². The number of allylic oxidation sites excluding steroid dienone is 2. The molecule has 0 bridgehead atoms. The number of esters is 1. The number of rotatable bonds is 9. The van der Waals surface area contributed by atoms with Crippen molar-refractivity contribution in [1.29, 1.82) is 0 Å². The van der Waals surface area contributed by atoms with Gasteiger partial charge in [-0.05, 0) is 40.0 Å². The van der Waals surface area contributed by atoms with Crippen molar-refractivity contribution in [1.82, 2.24) is 0 Å². The molecule has 1 atom stereocenters. The highest BCUT2D eigenvalue weighted by Gasteiger charge is 2.31. The van der Waals surface area contributed by atoms with Crippen LogP contribution in [0.5, 0.6) is 0 Å². The molecule has 0 amide bonds. The molecule has 0 rings (SSSR count). The Morgan fingerprint density at radius 2 is 2.11 bits per heavy atom. The van der Waals surface area contributed by atoms with E-state index in [1.165, 1.54) is 0 Å². The minimum atomic E-state index is -1.29. The summed E-state index contributed by atoms with van der Waals surface area (Å²) in [5, 5.41) is 10.8. The molecule has 0 aromatic carbocycles. The summed E-state index contributed by atoms with van der Waals surface area (Å²) in [5.74, 6) is -0.762. The highest BCUT2D eigenvalue weighted by molar-refractivity contribution is 5.74. The smallest absolute Gasteiger partial charge is 0.381 e. The van der Waals surface area contributed by atoms with Gasteiger partial charge in [0.1, 0.15) is 0 Å². The molecule has 1 unspecified atom stereocenters. The van der Waals surface area contributed by atoms with Crippen molar-refractivity contribution in [3.63, 3.8) is 0 Å². The normalized spacial score (nSPS) is 12.9. The summed E-state index contributed by atoms with van der Waals surface area (Å²) in [7, 11) is 0. The Bertz CT molecular complexity index is 360. The molecular weight excluding hydrogens is 246 g/mol. The van der Waals surface area contributed by atoms with Crippen LogP contribution in [-0.2, 0) is 9.53 Å². The molecule has 0 saturated carbocycles. The highest BCUT2D eigenvalue weighted by atomic mass is 16.6. The lowest BCUT2D eigenvalue weighted by Crippen LogP contribution is -2.31. The second kappa shape index (κ2) is 9.30. The molecule has 0 saturated heterocycles. The summed E-state index contributed by atoms with van der Waals surface area (Å²) >= 11 is 0. The first-order valence-corrected chi connectivity index (χ1v) is 6.48. The summed E-state index contributed by atoms with van der Waals surface area (Å²) in [6.45, 7) is 9.38. The highest BCUT2D eigenvalue weighted by Crippen LogP contribution is 2.12. The van der Waals surface area contributed by atoms with E-state index in [0.29, 0.717) is 0 Å². The van der Waals surface area contributed by atoms with E-state index >= 15 is 0 Å². The zero-order valence-electron chi connectivity index (χ0n) is 12.0. The fraction of sp³-hybridized carbons (Fsp3) is 0.643. The van der Waals surface area contributed by atoms with E-state index in [1.807, 2.05) is 13.0 Å². The molecule has 0 heterocycles. The largest absolute Gasteiger partial charge is 0.461 e. The van der Waals surface area contributed by atoms with Gasteiger partial charge >= 0.3 is 12.0 Å². The lowest BCUT2D eigenvalue weighted by molar-refractivity contribution is -0.510. The van der Waals surface area contributed by atoms with Gasteiger partial charge in [0, 0.05) is 11.3 Å². The number of ether oxygens (including phenoxy) is 1. The molecule has 0 aliphatic rings. The van der Waals surface area contributed by atoms with E-state index in [9.17, 15) is 14.9 Å². The van der Waals surface area contributed by atoms with Crippen molar-refractivity contribution >= 4 is 5.97 Å². The summed E-state index contributed by atoms with van der Waals surface area (Å²) in [6, 6.07) is -1.29. The number of nitro groups is 1. The number of carbonyl (C=O) groups is 1. The van der Waals surface area contributed by atoms with Crippen molar-refractivity contribution in [3.8, 4) is 0 Å². The van der Waals surface area contributed by atoms with Gasteiger partial charge in [0.15, 0.2) is 0 Å². The summed E-state index contributed by atoms with van der Waals surface area (Å²) in [4.78, 5) is 21.7. The van der Waals surface area contributed by atoms with Crippen molar-refractivity contribution in [2.75, 3.05) is 6.61 Å². The molecule has 5 heteroatoms. The van der Waals surface area contributed by atoms with Crippen LogP contribution in [0.2, 0.25) is 0 Å². The van der Waals surface area contributed by atoms with Crippen LogP contribution in [-0.4, -0.2) is 23.5 Å². The van der Waals surface area contributed by atoms with E-state index in [-0.39, 0.29) is 13.0 Å². The maximum Gasteiger partial charge on any atom is 0.381 e. The third-order valence-corrected chi connectivity index (χ3v) is 2.63. The molecule has 0 N–H and O–H groups in total. The Morgan fingerprint density at radius 3 is 2.58 bits per heavy atom. The zero-order chi connectivity index (χ0) is 14.8. The van der Waals surface area contributed by atoms with E-state index < -0.39 is 16.9 Å². The Labute approximate surface area is 114 Å². The Kier molecular flexibility index (Phi) is 8.49. The van der Waals surface area contributed by atoms with Crippen LogP contribution in [0.25, 0.3) is 0 Å². The number of hydrogen-bond acceptors (Lipinski definition) is 4. The van der Waals surface area contributed by atoms with Gasteiger partial charge in [-0.15, -0.1) is 6.58 Å². The van der Waals surface area contributed by atoms with E-state index in [2.05, 4.69) is 6.58 Å². The predicted molar refractivity (Wildman–Crippen MR) is 74.5 cm³/mol. The fourth-order valence-corrected chi connectivity index (χ4v) is 1.62. The second-order valence-corrected chi connectivity index (χ2v) is 4.66. The first kappa shape index (κ1) is 17.4. The molecule has 0 aliphatic heterocycles. The van der Waals surface area contributed by atoms with Crippen molar-refractivity contribution in [2.24, 2.45) is 0 Å². The van der Waals surface area contributed by atoms with Crippen LogP contribution in [0.3, 0.4) is 0 Å². The second-order valence-electron chi connectivity index (χ2n) is 4.66. The average molecular weight is 269 g/mol. The third-order valence-electron chi connectivity index (χ3n) is 2.63. The van der Waals surface area contributed by atoms with Crippen LogP contribution in [0.15, 0.2) is 23.8 Å². The van der Waals surface area contributed by atoms with Crippen LogP contribution < -0.4 is 0 Å². The lowest BCUT2D eigenvalue weighted by Gasteiger charge is -2.08. The monoisotopic (exact) mass is 269 g/mol.